The van der Waals surface area contributed by atoms with Crippen molar-refractivity contribution in [1.29, 1.82) is 0 Å². The second-order valence-electron chi connectivity index (χ2n) is 4.66. The Kier molecular flexibility index (Phi) is 3.93. The molecule has 0 saturated carbocycles. The van der Waals surface area contributed by atoms with Gasteiger partial charge in [0.2, 0.25) is 0 Å². The molecule has 110 valence electrons. The number of carboxylic acids is 1. The van der Waals surface area contributed by atoms with Crippen LogP contribution in [0.5, 0.6) is 0 Å². The van der Waals surface area contributed by atoms with Crippen LogP contribution in [0.1, 0.15) is 34.6 Å². The van der Waals surface area contributed by atoms with Gasteiger partial charge in [-0.1, -0.05) is 6.07 Å². The highest BCUT2D eigenvalue weighted by Crippen LogP contribution is 2.18. The number of rotatable bonds is 4. The number of nitrogens with two attached hydrogens (primary N) is 1. The van der Waals surface area contributed by atoms with Crippen LogP contribution in [-0.2, 0) is 4.74 Å². The summed E-state index contributed by atoms with van der Waals surface area (Å²) in [5.41, 5.74) is 6.48. The molecule has 3 N–H and O–H groups in total. The molecule has 0 aliphatic heterocycles. The number of ether oxygens (including phenoxy) is 1. The van der Waals surface area contributed by atoms with Crippen molar-refractivity contribution in [3.05, 3.63) is 41.6 Å². The zero-order chi connectivity index (χ0) is 15.6. The second kappa shape index (κ2) is 5.66. The Labute approximate surface area is 120 Å². The number of aromatic nitrogens is 2. The van der Waals surface area contributed by atoms with Crippen molar-refractivity contribution in [3.63, 3.8) is 0 Å². The van der Waals surface area contributed by atoms with Gasteiger partial charge in [0.1, 0.15) is 11.4 Å². The number of carbonyl (C=O) groups excluding carboxylic acids is 1. The average Bonchev–Trinajstić information content (AvgIpc) is 2.80. The molecule has 0 aliphatic rings. The van der Waals surface area contributed by atoms with Gasteiger partial charge < -0.3 is 15.6 Å². The van der Waals surface area contributed by atoms with Crippen molar-refractivity contribution >= 4 is 17.8 Å². The van der Waals surface area contributed by atoms with Crippen LogP contribution in [0.15, 0.2) is 30.5 Å². The van der Waals surface area contributed by atoms with Crippen LogP contribution in [0, 0.1) is 0 Å². The first kappa shape index (κ1) is 14.6. The number of nitrogen functional groups attached to an aromatic ring is 1. The number of nitrogens with zero attached hydrogens (tertiary/aromatic N) is 2. The van der Waals surface area contributed by atoms with E-state index in [1.165, 1.54) is 4.68 Å². The molecule has 0 spiro atoms. The lowest BCUT2D eigenvalue weighted by Gasteiger charge is -2.09. The molecule has 0 bridgehead atoms. The van der Waals surface area contributed by atoms with Gasteiger partial charge in [0.15, 0.2) is 0 Å². The molecule has 0 aliphatic carbocycles. The fourth-order valence-electron chi connectivity index (χ4n) is 1.78. The van der Waals surface area contributed by atoms with E-state index in [1.54, 1.807) is 38.1 Å². The van der Waals surface area contributed by atoms with Crippen LogP contribution in [0.2, 0.25) is 0 Å². The van der Waals surface area contributed by atoms with Gasteiger partial charge in [-0.15, -0.1) is 0 Å². The molecule has 1 aromatic carbocycles. The highest BCUT2D eigenvalue weighted by Gasteiger charge is 2.16. The monoisotopic (exact) mass is 289 g/mol. The normalized spacial score (nSPS) is 10.6. The van der Waals surface area contributed by atoms with Crippen LogP contribution in [-0.4, -0.2) is 32.9 Å². The topological polar surface area (TPSA) is 107 Å². The maximum Gasteiger partial charge on any atom is 0.341 e. The molecule has 1 aromatic heterocycles. The number of benzene rings is 1. The third-order valence-electron chi connectivity index (χ3n) is 2.71. The summed E-state index contributed by atoms with van der Waals surface area (Å²) in [5, 5.41) is 12.9. The summed E-state index contributed by atoms with van der Waals surface area (Å²) in [6.07, 6.45) is 0.936. The van der Waals surface area contributed by atoms with E-state index in [-0.39, 0.29) is 17.5 Å². The first-order valence-corrected chi connectivity index (χ1v) is 6.28. The predicted octanol–water partition coefficient (Wildman–Crippen LogP) is 1.72. The number of hydrogen-bond acceptors (Lipinski definition) is 5. The fraction of sp³-hybridized carbons (Fsp3) is 0.214. The van der Waals surface area contributed by atoms with E-state index in [0.717, 1.165) is 6.20 Å². The molecule has 0 amide bonds. The summed E-state index contributed by atoms with van der Waals surface area (Å²) >= 11 is 0. The molecule has 2 aromatic rings. The van der Waals surface area contributed by atoms with Crippen molar-refractivity contribution in [1.82, 2.24) is 9.78 Å². The third-order valence-corrected chi connectivity index (χ3v) is 2.71. The lowest BCUT2D eigenvalue weighted by atomic mass is 10.2. The van der Waals surface area contributed by atoms with Crippen molar-refractivity contribution < 1.29 is 19.4 Å². The number of carboxylic acid groups (broad SMARTS) is 1. The van der Waals surface area contributed by atoms with E-state index in [0.29, 0.717) is 11.3 Å². The highest BCUT2D eigenvalue weighted by molar-refractivity contribution is 5.93. The molecule has 0 saturated heterocycles. The second-order valence-corrected chi connectivity index (χ2v) is 4.66. The summed E-state index contributed by atoms with van der Waals surface area (Å²) in [6.45, 7) is 3.51. The van der Waals surface area contributed by atoms with Crippen LogP contribution < -0.4 is 5.73 Å². The first-order valence-electron chi connectivity index (χ1n) is 6.28. The van der Waals surface area contributed by atoms with E-state index in [2.05, 4.69) is 5.10 Å². The number of hydrogen-bond donors (Lipinski definition) is 2. The fourth-order valence-corrected chi connectivity index (χ4v) is 1.78. The van der Waals surface area contributed by atoms with Gasteiger partial charge in [0.25, 0.3) is 0 Å². The van der Waals surface area contributed by atoms with Gasteiger partial charge in [-0.3, -0.25) is 0 Å². The molecule has 0 unspecified atom stereocenters. The van der Waals surface area contributed by atoms with Gasteiger partial charge in [-0.05, 0) is 32.0 Å². The van der Waals surface area contributed by atoms with Gasteiger partial charge in [0.05, 0.1) is 23.6 Å². The zero-order valence-electron chi connectivity index (χ0n) is 11.6. The maximum atomic E-state index is 11.9. The van der Waals surface area contributed by atoms with Crippen molar-refractivity contribution in [2.75, 3.05) is 5.73 Å². The van der Waals surface area contributed by atoms with Crippen molar-refractivity contribution in [2.24, 2.45) is 0 Å². The molecule has 7 nitrogen and oxygen atoms in total. The van der Waals surface area contributed by atoms with Crippen LogP contribution in [0.4, 0.5) is 5.82 Å². The minimum atomic E-state index is -1.16. The minimum absolute atomic E-state index is 0.00289. The SMILES string of the molecule is CC(C)OC(=O)c1cccc(-n2ncc(C(=O)O)c2N)c1. The molecule has 21 heavy (non-hydrogen) atoms. The summed E-state index contributed by atoms with van der Waals surface area (Å²) < 4.78 is 6.37. The lowest BCUT2D eigenvalue weighted by molar-refractivity contribution is 0.0377. The van der Waals surface area contributed by atoms with E-state index >= 15 is 0 Å². The zero-order valence-corrected chi connectivity index (χ0v) is 11.6. The van der Waals surface area contributed by atoms with Crippen molar-refractivity contribution in [3.8, 4) is 5.69 Å². The van der Waals surface area contributed by atoms with Crippen LogP contribution >= 0.6 is 0 Å². The Bertz CT molecular complexity index is 691. The molecule has 1 heterocycles. The molecular formula is C14H15N3O4. The first-order chi connectivity index (χ1) is 9.90. The van der Waals surface area contributed by atoms with Gasteiger partial charge in [-0.25, -0.2) is 14.3 Å². The van der Waals surface area contributed by atoms with Crippen molar-refractivity contribution in [2.45, 2.75) is 20.0 Å². The Hall–Kier alpha value is -2.83. The largest absolute Gasteiger partial charge is 0.477 e. The number of anilines is 1. The number of carbonyl (C=O) groups is 2. The summed E-state index contributed by atoms with van der Waals surface area (Å²) in [5.74, 6) is -1.62. The molecule has 0 radical (unpaired) electrons. The Morgan fingerprint density at radius 2 is 2.10 bits per heavy atom. The van der Waals surface area contributed by atoms with Gasteiger partial charge >= 0.3 is 11.9 Å². The lowest BCUT2D eigenvalue weighted by Crippen LogP contribution is -2.12. The quantitative estimate of drug-likeness (QED) is 0.830. The number of aromatic carboxylic acids is 1. The van der Waals surface area contributed by atoms with Gasteiger partial charge in [0, 0.05) is 0 Å². The van der Waals surface area contributed by atoms with E-state index in [1.807, 2.05) is 0 Å². The molecule has 0 fully saturated rings. The van der Waals surface area contributed by atoms with E-state index in [4.69, 9.17) is 15.6 Å². The standard InChI is InChI=1S/C14H15N3O4/c1-8(2)21-14(20)9-4-3-5-10(6-9)17-12(15)11(7-16-17)13(18)19/h3-8H,15H2,1-2H3,(H,18,19). The van der Waals surface area contributed by atoms with Crippen LogP contribution in [0.25, 0.3) is 5.69 Å². The predicted molar refractivity (Wildman–Crippen MR) is 75.5 cm³/mol. The summed E-state index contributed by atoms with van der Waals surface area (Å²) in [4.78, 5) is 22.8. The van der Waals surface area contributed by atoms with E-state index in [9.17, 15) is 9.59 Å². The highest BCUT2D eigenvalue weighted by atomic mass is 16.5. The van der Waals surface area contributed by atoms with E-state index < -0.39 is 11.9 Å². The summed E-state index contributed by atoms with van der Waals surface area (Å²) in [7, 11) is 0. The maximum absolute atomic E-state index is 11.9. The molecule has 7 heteroatoms. The van der Waals surface area contributed by atoms with Crippen LogP contribution in [0.3, 0.4) is 0 Å². The Morgan fingerprint density at radius 3 is 2.67 bits per heavy atom. The Morgan fingerprint density at radius 1 is 1.38 bits per heavy atom. The average molecular weight is 289 g/mol. The third kappa shape index (κ3) is 3.02. The minimum Gasteiger partial charge on any atom is -0.477 e. The smallest absolute Gasteiger partial charge is 0.341 e. The Balaban J connectivity index is 2.38. The number of esters is 1. The molecule has 0 atom stereocenters. The van der Waals surface area contributed by atoms with Gasteiger partial charge in [-0.2, -0.15) is 5.10 Å². The molecule has 2 rings (SSSR count). The summed E-state index contributed by atoms with van der Waals surface area (Å²) in [6, 6.07) is 6.46. The molecular weight excluding hydrogens is 274 g/mol.